The second-order valence-electron chi connectivity index (χ2n) is 7.40. The lowest BCUT2D eigenvalue weighted by atomic mass is 10.0. The number of halogens is 1. The Balaban J connectivity index is 1.65. The van der Waals surface area contributed by atoms with E-state index in [4.69, 9.17) is 16.3 Å². The minimum Gasteiger partial charge on any atom is -0.488 e. The van der Waals surface area contributed by atoms with E-state index >= 15 is 0 Å². The van der Waals surface area contributed by atoms with Crippen LogP contribution >= 0.6 is 11.6 Å². The second-order valence-corrected chi connectivity index (χ2v) is 9.77. The van der Waals surface area contributed by atoms with Crippen molar-refractivity contribution in [2.45, 2.75) is 32.4 Å². The summed E-state index contributed by atoms with van der Waals surface area (Å²) in [6, 6.07) is 14.5. The molecule has 1 aliphatic rings. The van der Waals surface area contributed by atoms with E-state index in [2.05, 4.69) is 0 Å². The van der Waals surface area contributed by atoms with Crippen LogP contribution in [-0.2, 0) is 16.6 Å². The average molecular weight is 451 g/mol. The molecule has 162 valence electrons. The number of carbonyl (C=O) groups is 1. The Bertz CT molecular complexity index is 971. The number of piperidine rings is 1. The molecule has 6 nitrogen and oxygen atoms in total. The van der Waals surface area contributed by atoms with Crippen LogP contribution in [0.5, 0.6) is 5.75 Å². The Morgan fingerprint density at radius 3 is 2.37 bits per heavy atom. The number of sulfonamides is 1. The maximum atomic E-state index is 13.1. The van der Waals surface area contributed by atoms with Gasteiger partial charge in [-0.2, -0.15) is 4.31 Å². The molecule has 2 aromatic carbocycles. The summed E-state index contributed by atoms with van der Waals surface area (Å²) in [5, 5.41) is 0.662. The molecule has 1 fully saturated rings. The molecule has 0 saturated carbocycles. The predicted molar refractivity (Wildman–Crippen MR) is 118 cm³/mol. The van der Waals surface area contributed by atoms with Gasteiger partial charge in [-0.15, -0.1) is 0 Å². The average Bonchev–Trinajstić information content (AvgIpc) is 2.73. The van der Waals surface area contributed by atoms with Crippen molar-refractivity contribution < 1.29 is 17.9 Å². The fraction of sp³-hybridized carbons (Fsp3) is 0.409. The molecule has 2 aromatic rings. The summed E-state index contributed by atoms with van der Waals surface area (Å²) >= 11 is 5.92. The Morgan fingerprint density at radius 2 is 1.77 bits per heavy atom. The molecule has 3 rings (SSSR count). The van der Waals surface area contributed by atoms with Crippen LogP contribution < -0.4 is 4.74 Å². The molecule has 1 saturated heterocycles. The van der Waals surface area contributed by atoms with Crippen molar-refractivity contribution in [2.24, 2.45) is 0 Å². The number of carbonyl (C=O) groups excluding carboxylic acids is 1. The fourth-order valence-corrected chi connectivity index (χ4v) is 5.15. The lowest BCUT2D eigenvalue weighted by molar-refractivity contribution is 0.0676. The van der Waals surface area contributed by atoms with Gasteiger partial charge in [0.25, 0.3) is 5.91 Å². The molecule has 30 heavy (non-hydrogen) atoms. The van der Waals surface area contributed by atoms with Crippen molar-refractivity contribution in [3.8, 4) is 5.75 Å². The van der Waals surface area contributed by atoms with Gasteiger partial charge in [-0.1, -0.05) is 42.8 Å². The molecule has 0 unspecified atom stereocenters. The zero-order valence-electron chi connectivity index (χ0n) is 17.3. The molecular weight excluding hydrogens is 424 g/mol. The summed E-state index contributed by atoms with van der Waals surface area (Å²) in [6.07, 6.45) is 2.49. The van der Waals surface area contributed by atoms with Gasteiger partial charge in [0.1, 0.15) is 12.4 Å². The van der Waals surface area contributed by atoms with Gasteiger partial charge in [-0.3, -0.25) is 4.79 Å². The monoisotopic (exact) mass is 450 g/mol. The van der Waals surface area contributed by atoms with Crippen LogP contribution in [0.1, 0.15) is 35.7 Å². The molecule has 0 N–H and O–H groups in total. The summed E-state index contributed by atoms with van der Waals surface area (Å²) in [5.74, 6) is 0.438. The van der Waals surface area contributed by atoms with Crippen molar-refractivity contribution >= 4 is 27.5 Å². The summed E-state index contributed by atoms with van der Waals surface area (Å²) < 4.78 is 31.4. The van der Waals surface area contributed by atoms with E-state index in [1.54, 1.807) is 29.2 Å². The molecule has 1 heterocycles. The first-order chi connectivity index (χ1) is 14.3. The fourth-order valence-electron chi connectivity index (χ4n) is 3.80. The largest absolute Gasteiger partial charge is 0.488 e. The van der Waals surface area contributed by atoms with E-state index < -0.39 is 10.0 Å². The van der Waals surface area contributed by atoms with Gasteiger partial charge in [0.2, 0.25) is 10.0 Å². The van der Waals surface area contributed by atoms with Gasteiger partial charge < -0.3 is 9.64 Å². The summed E-state index contributed by atoms with van der Waals surface area (Å²) in [4.78, 5) is 14.9. The summed E-state index contributed by atoms with van der Waals surface area (Å²) in [5.41, 5.74) is 1.48. The van der Waals surface area contributed by atoms with Crippen LogP contribution in [-0.4, -0.2) is 55.5 Å². The Hall–Kier alpha value is -2.09. The molecule has 0 aromatic heterocycles. The lowest BCUT2D eigenvalue weighted by Crippen LogP contribution is -2.48. The Kier molecular flexibility index (Phi) is 7.39. The number of hydrogen-bond donors (Lipinski definition) is 0. The highest BCUT2D eigenvalue weighted by atomic mass is 35.5. The van der Waals surface area contributed by atoms with Crippen molar-refractivity contribution in [1.29, 1.82) is 0 Å². The molecule has 0 atom stereocenters. The van der Waals surface area contributed by atoms with Gasteiger partial charge in [-0.05, 0) is 42.7 Å². The first-order valence-corrected chi connectivity index (χ1v) is 12.2. The van der Waals surface area contributed by atoms with E-state index in [1.807, 2.05) is 31.2 Å². The number of rotatable bonds is 7. The third kappa shape index (κ3) is 5.53. The van der Waals surface area contributed by atoms with Crippen LogP contribution in [0.25, 0.3) is 0 Å². The van der Waals surface area contributed by atoms with E-state index in [9.17, 15) is 13.2 Å². The van der Waals surface area contributed by atoms with E-state index in [0.29, 0.717) is 55.4 Å². The van der Waals surface area contributed by atoms with E-state index in [-0.39, 0.29) is 11.9 Å². The second kappa shape index (κ2) is 9.81. The topological polar surface area (TPSA) is 66.9 Å². The summed E-state index contributed by atoms with van der Waals surface area (Å²) in [6.45, 7) is 3.65. The first-order valence-electron chi connectivity index (χ1n) is 10.0. The molecule has 1 aliphatic heterocycles. The third-order valence-electron chi connectivity index (χ3n) is 5.32. The van der Waals surface area contributed by atoms with Gasteiger partial charge in [0.15, 0.2) is 0 Å². The zero-order valence-corrected chi connectivity index (χ0v) is 18.8. The van der Waals surface area contributed by atoms with Crippen LogP contribution in [0, 0.1) is 0 Å². The van der Waals surface area contributed by atoms with Crippen LogP contribution in [0.15, 0.2) is 48.5 Å². The molecule has 0 aliphatic carbocycles. The smallest absolute Gasteiger partial charge is 0.257 e. The standard InChI is InChI=1S/C22H27ClN2O4S/c1-3-25(30(2,27)28)19-12-14-24(15-13-19)22(26)20-6-4-5-7-21(20)29-16-17-8-10-18(23)11-9-17/h4-11,19H,3,12-16H2,1-2H3. The number of benzene rings is 2. The van der Waals surface area contributed by atoms with Gasteiger partial charge in [0, 0.05) is 30.7 Å². The van der Waals surface area contributed by atoms with Gasteiger partial charge in [0.05, 0.1) is 11.8 Å². The molecule has 0 bridgehead atoms. The van der Waals surface area contributed by atoms with Crippen LogP contribution in [0.3, 0.4) is 0 Å². The highest BCUT2D eigenvalue weighted by Gasteiger charge is 2.31. The number of likely N-dealkylation sites (tertiary alicyclic amines) is 1. The molecule has 0 radical (unpaired) electrons. The van der Waals surface area contributed by atoms with Crippen molar-refractivity contribution in [1.82, 2.24) is 9.21 Å². The van der Waals surface area contributed by atoms with Crippen LogP contribution in [0.4, 0.5) is 0 Å². The lowest BCUT2D eigenvalue weighted by Gasteiger charge is -2.37. The van der Waals surface area contributed by atoms with Crippen molar-refractivity contribution in [3.63, 3.8) is 0 Å². The highest BCUT2D eigenvalue weighted by Crippen LogP contribution is 2.25. The molecule has 8 heteroatoms. The number of amides is 1. The van der Waals surface area contributed by atoms with Gasteiger partial charge >= 0.3 is 0 Å². The number of nitrogens with zero attached hydrogens (tertiary/aromatic N) is 2. The zero-order chi connectivity index (χ0) is 21.7. The first kappa shape index (κ1) is 22.6. The predicted octanol–water partition coefficient (Wildman–Crippen LogP) is 3.81. The van der Waals surface area contributed by atoms with E-state index in [1.165, 1.54) is 10.6 Å². The molecular formula is C22H27ClN2O4S. The van der Waals surface area contributed by atoms with E-state index in [0.717, 1.165) is 5.56 Å². The molecule has 0 spiro atoms. The van der Waals surface area contributed by atoms with Crippen LogP contribution in [0.2, 0.25) is 5.02 Å². The quantitative estimate of drug-likeness (QED) is 0.643. The third-order valence-corrected chi connectivity index (χ3v) is 6.98. The number of ether oxygens (including phenoxy) is 1. The highest BCUT2D eigenvalue weighted by molar-refractivity contribution is 7.88. The maximum Gasteiger partial charge on any atom is 0.257 e. The van der Waals surface area contributed by atoms with Gasteiger partial charge in [-0.25, -0.2) is 8.42 Å². The summed E-state index contributed by atoms with van der Waals surface area (Å²) in [7, 11) is -3.25. The minimum atomic E-state index is -3.25. The van der Waals surface area contributed by atoms with Crippen molar-refractivity contribution in [3.05, 3.63) is 64.7 Å². The SMILES string of the molecule is CCN(C1CCN(C(=O)c2ccccc2OCc2ccc(Cl)cc2)CC1)S(C)(=O)=O. The maximum absolute atomic E-state index is 13.1. The minimum absolute atomic E-state index is 0.0644. The number of hydrogen-bond acceptors (Lipinski definition) is 4. The van der Waals surface area contributed by atoms with Crippen molar-refractivity contribution in [2.75, 3.05) is 25.9 Å². The molecule has 1 amide bonds. The normalized spacial score (nSPS) is 15.4. The number of para-hydroxylation sites is 1. The Labute approximate surface area is 183 Å². The Morgan fingerprint density at radius 1 is 1.13 bits per heavy atom.